The van der Waals surface area contributed by atoms with E-state index in [1.807, 2.05) is 0 Å². The van der Waals surface area contributed by atoms with Crippen LogP contribution in [0.15, 0.2) is 23.4 Å². The zero-order chi connectivity index (χ0) is 21.9. The number of tetrazole rings is 1. The molecule has 1 aromatic carbocycles. The average Bonchev–Trinajstić information content (AvgIpc) is 3.13. The zero-order valence-corrected chi connectivity index (χ0v) is 17.6. The molecule has 1 fully saturated rings. The molecule has 0 radical (unpaired) electrons. The van der Waals surface area contributed by atoms with E-state index in [0.717, 1.165) is 6.26 Å². The number of carbonyl (C=O) groups is 3. The van der Waals surface area contributed by atoms with Gasteiger partial charge in [-0.15, -0.1) is 10.2 Å². The van der Waals surface area contributed by atoms with Crippen LogP contribution in [0.4, 0.5) is 0 Å². The van der Waals surface area contributed by atoms with Crippen LogP contribution < -0.4 is 4.74 Å². The van der Waals surface area contributed by atoms with Gasteiger partial charge in [-0.05, 0) is 30.2 Å². The SMILES string of the molecule is CS(=O)(=O)c1ccc(C(=O)C2C(=O)CCCCC2=O)c(Cl)c1OCCn1ncnn1. The summed E-state index contributed by atoms with van der Waals surface area (Å²) in [5.74, 6) is -3.31. The summed E-state index contributed by atoms with van der Waals surface area (Å²) in [6.07, 6.45) is 3.56. The van der Waals surface area contributed by atoms with Gasteiger partial charge in [0.25, 0.3) is 0 Å². The second kappa shape index (κ2) is 9.00. The second-order valence-corrected chi connectivity index (χ2v) is 9.21. The summed E-state index contributed by atoms with van der Waals surface area (Å²) in [7, 11) is -3.74. The van der Waals surface area contributed by atoms with Crippen LogP contribution in [0.2, 0.25) is 5.02 Å². The predicted molar refractivity (Wildman–Crippen MR) is 104 cm³/mol. The van der Waals surface area contributed by atoms with Gasteiger partial charge in [-0.25, -0.2) is 8.42 Å². The first-order chi connectivity index (χ1) is 14.2. The zero-order valence-electron chi connectivity index (χ0n) is 16.1. The lowest BCUT2D eigenvalue weighted by molar-refractivity contribution is -0.129. The lowest BCUT2D eigenvalue weighted by Crippen LogP contribution is -2.30. The smallest absolute Gasteiger partial charge is 0.182 e. The Balaban J connectivity index is 1.96. The van der Waals surface area contributed by atoms with Gasteiger partial charge in [0.2, 0.25) is 0 Å². The van der Waals surface area contributed by atoms with Crippen molar-refractivity contribution in [1.82, 2.24) is 20.2 Å². The average molecular weight is 455 g/mol. The summed E-state index contributed by atoms with van der Waals surface area (Å²) in [5, 5.41) is 10.8. The molecule has 0 atom stereocenters. The Morgan fingerprint density at radius 3 is 2.47 bits per heavy atom. The molecule has 12 heteroatoms. The number of Topliss-reactive ketones (excluding diaryl/α,β-unsaturated/α-hetero) is 3. The molecule has 160 valence electrons. The van der Waals surface area contributed by atoms with E-state index in [9.17, 15) is 22.8 Å². The van der Waals surface area contributed by atoms with E-state index in [1.54, 1.807) is 0 Å². The van der Waals surface area contributed by atoms with Crippen LogP contribution in [-0.2, 0) is 26.0 Å². The fourth-order valence-corrected chi connectivity index (χ4v) is 4.37. The third-order valence-electron chi connectivity index (χ3n) is 4.66. The molecule has 0 aliphatic heterocycles. The van der Waals surface area contributed by atoms with E-state index >= 15 is 0 Å². The summed E-state index contributed by atoms with van der Waals surface area (Å²) in [6, 6.07) is 2.39. The topological polar surface area (TPSA) is 138 Å². The van der Waals surface area contributed by atoms with Crippen molar-refractivity contribution in [3.05, 3.63) is 29.0 Å². The van der Waals surface area contributed by atoms with Crippen molar-refractivity contribution in [2.45, 2.75) is 37.1 Å². The maximum Gasteiger partial charge on any atom is 0.182 e. The molecule has 1 heterocycles. The lowest BCUT2D eigenvalue weighted by atomic mass is 9.89. The first-order valence-electron chi connectivity index (χ1n) is 9.16. The molecule has 10 nitrogen and oxygen atoms in total. The number of ether oxygens (including phenoxy) is 1. The second-order valence-electron chi connectivity index (χ2n) is 6.84. The van der Waals surface area contributed by atoms with Crippen molar-refractivity contribution >= 4 is 38.8 Å². The Morgan fingerprint density at radius 2 is 1.90 bits per heavy atom. The Hall–Kier alpha value is -2.66. The molecular formula is C18H19ClN4O6S. The highest BCUT2D eigenvalue weighted by Crippen LogP contribution is 2.37. The molecule has 0 unspecified atom stereocenters. The number of nitrogens with zero attached hydrogens (tertiary/aromatic N) is 4. The number of sulfone groups is 1. The summed E-state index contributed by atoms with van der Waals surface area (Å²) >= 11 is 6.35. The normalized spacial score (nSPS) is 15.8. The van der Waals surface area contributed by atoms with Crippen LogP contribution in [0.5, 0.6) is 5.75 Å². The monoisotopic (exact) mass is 454 g/mol. The van der Waals surface area contributed by atoms with Crippen molar-refractivity contribution in [2.24, 2.45) is 5.92 Å². The minimum absolute atomic E-state index is 0.0580. The quantitative estimate of drug-likeness (QED) is 0.344. The third kappa shape index (κ3) is 4.73. The van der Waals surface area contributed by atoms with Gasteiger partial charge in [0.05, 0.1) is 11.6 Å². The number of benzene rings is 1. The van der Waals surface area contributed by atoms with Gasteiger partial charge in [-0.2, -0.15) is 4.80 Å². The van der Waals surface area contributed by atoms with Crippen LogP contribution >= 0.6 is 11.6 Å². The number of ketones is 3. The van der Waals surface area contributed by atoms with Crippen LogP contribution in [0.1, 0.15) is 36.0 Å². The molecule has 0 amide bonds. The predicted octanol–water partition coefficient (Wildman–Crippen LogP) is 1.32. The number of rotatable bonds is 7. The highest BCUT2D eigenvalue weighted by molar-refractivity contribution is 7.90. The Labute approximate surface area is 177 Å². The molecule has 1 aliphatic rings. The molecule has 0 N–H and O–H groups in total. The molecule has 1 saturated carbocycles. The molecule has 1 aliphatic carbocycles. The van der Waals surface area contributed by atoms with Crippen molar-refractivity contribution < 1.29 is 27.5 Å². The lowest BCUT2D eigenvalue weighted by Gasteiger charge is -2.17. The van der Waals surface area contributed by atoms with Crippen molar-refractivity contribution in [3.8, 4) is 5.75 Å². The van der Waals surface area contributed by atoms with Gasteiger partial charge in [-0.1, -0.05) is 11.6 Å². The van der Waals surface area contributed by atoms with Gasteiger partial charge >= 0.3 is 0 Å². The number of hydrogen-bond acceptors (Lipinski definition) is 9. The van der Waals surface area contributed by atoms with E-state index in [4.69, 9.17) is 16.3 Å². The van der Waals surface area contributed by atoms with Crippen molar-refractivity contribution in [1.29, 1.82) is 0 Å². The van der Waals surface area contributed by atoms with Crippen LogP contribution in [0.3, 0.4) is 0 Å². The first kappa shape index (κ1) is 22.0. The highest BCUT2D eigenvalue weighted by atomic mass is 35.5. The number of halogens is 1. The highest BCUT2D eigenvalue weighted by Gasteiger charge is 2.37. The molecule has 0 spiro atoms. The van der Waals surface area contributed by atoms with Crippen molar-refractivity contribution in [2.75, 3.05) is 12.9 Å². The summed E-state index contributed by atoms with van der Waals surface area (Å²) < 4.78 is 29.9. The van der Waals surface area contributed by atoms with Crippen LogP contribution in [0, 0.1) is 5.92 Å². The van der Waals surface area contributed by atoms with E-state index in [1.165, 1.54) is 23.3 Å². The fourth-order valence-electron chi connectivity index (χ4n) is 3.19. The minimum atomic E-state index is -3.74. The molecule has 0 bridgehead atoms. The van der Waals surface area contributed by atoms with Gasteiger partial charge < -0.3 is 4.74 Å². The Morgan fingerprint density at radius 1 is 1.23 bits per heavy atom. The molecule has 0 saturated heterocycles. The van der Waals surface area contributed by atoms with Gasteiger partial charge in [0, 0.05) is 24.7 Å². The molecule has 2 aromatic rings. The van der Waals surface area contributed by atoms with Crippen LogP contribution in [-0.4, -0.2) is 58.8 Å². The number of hydrogen-bond donors (Lipinski definition) is 0. The largest absolute Gasteiger partial charge is 0.489 e. The Bertz CT molecular complexity index is 1070. The summed E-state index contributed by atoms with van der Waals surface area (Å²) in [5.41, 5.74) is -0.133. The van der Waals surface area contributed by atoms with E-state index in [-0.39, 0.29) is 47.2 Å². The Kier molecular flexibility index (Phi) is 6.61. The maximum absolute atomic E-state index is 13.0. The molecule has 30 heavy (non-hydrogen) atoms. The number of aromatic nitrogens is 4. The fraction of sp³-hybridized carbons (Fsp3) is 0.444. The molecule has 3 rings (SSSR count). The third-order valence-corrected chi connectivity index (χ3v) is 6.15. The van der Waals surface area contributed by atoms with E-state index < -0.39 is 33.1 Å². The van der Waals surface area contributed by atoms with Crippen LogP contribution in [0.25, 0.3) is 0 Å². The first-order valence-corrected chi connectivity index (χ1v) is 11.4. The van der Waals surface area contributed by atoms with Gasteiger partial charge in [0.15, 0.2) is 39.3 Å². The summed E-state index contributed by atoms with van der Waals surface area (Å²) in [4.78, 5) is 38.7. The molecule has 1 aromatic heterocycles. The maximum atomic E-state index is 13.0. The van der Waals surface area contributed by atoms with Gasteiger partial charge in [0.1, 0.15) is 17.4 Å². The van der Waals surface area contributed by atoms with Crippen molar-refractivity contribution in [3.63, 3.8) is 0 Å². The minimum Gasteiger partial charge on any atom is -0.489 e. The van der Waals surface area contributed by atoms with E-state index in [2.05, 4.69) is 15.4 Å². The molecular weight excluding hydrogens is 436 g/mol. The summed E-state index contributed by atoms with van der Waals surface area (Å²) in [6.45, 7) is 0.0921. The number of carbonyl (C=O) groups excluding carboxylic acids is 3. The van der Waals surface area contributed by atoms with E-state index in [0.29, 0.717) is 12.8 Å². The standard InChI is InChI=1S/C18H19ClN4O6S/c1-30(27,28)14-7-6-11(17(26)15-12(24)4-2-3-5-13(15)25)16(19)18(14)29-9-8-23-21-10-20-22-23/h6-7,10,15H,2-5,8-9H2,1H3. The van der Waals surface area contributed by atoms with Gasteiger partial charge in [-0.3, -0.25) is 14.4 Å².